The van der Waals surface area contributed by atoms with Gasteiger partial charge < -0.3 is 15.3 Å². The molecule has 21 heavy (non-hydrogen) atoms. The van der Waals surface area contributed by atoms with Crippen LogP contribution in [0.25, 0.3) is 0 Å². The zero-order valence-electron chi connectivity index (χ0n) is 12.1. The Morgan fingerprint density at radius 2 is 2.05 bits per heavy atom. The lowest BCUT2D eigenvalue weighted by molar-refractivity contribution is -0.131. The monoisotopic (exact) mass is 290 g/mol. The van der Waals surface area contributed by atoms with Crippen LogP contribution in [0.4, 0.5) is 0 Å². The van der Waals surface area contributed by atoms with Crippen molar-refractivity contribution >= 4 is 11.8 Å². The van der Waals surface area contributed by atoms with Crippen LogP contribution in [0.1, 0.15) is 36.0 Å². The first-order chi connectivity index (χ1) is 10.2. The Bertz CT molecular complexity index is 476. The molecule has 0 aromatic heterocycles. The van der Waals surface area contributed by atoms with E-state index in [-0.39, 0.29) is 31.0 Å². The average molecular weight is 290 g/mol. The van der Waals surface area contributed by atoms with E-state index in [0.29, 0.717) is 12.0 Å². The number of benzene rings is 1. The topological polar surface area (TPSA) is 69.6 Å². The SMILES string of the molecule is O=C(NCC(=O)N1CCCC1CCCO)c1ccccc1. The normalized spacial score (nSPS) is 17.8. The number of nitrogens with zero attached hydrogens (tertiary/aromatic N) is 1. The third kappa shape index (κ3) is 4.29. The van der Waals surface area contributed by atoms with Gasteiger partial charge in [0.2, 0.25) is 5.91 Å². The molecule has 2 amide bonds. The molecule has 5 nitrogen and oxygen atoms in total. The van der Waals surface area contributed by atoms with Gasteiger partial charge in [0.1, 0.15) is 0 Å². The third-order valence-corrected chi connectivity index (χ3v) is 3.83. The summed E-state index contributed by atoms with van der Waals surface area (Å²) in [5.41, 5.74) is 0.559. The van der Waals surface area contributed by atoms with E-state index in [0.717, 1.165) is 25.8 Å². The van der Waals surface area contributed by atoms with Crippen molar-refractivity contribution in [1.82, 2.24) is 10.2 Å². The second-order valence-corrected chi connectivity index (χ2v) is 5.30. The summed E-state index contributed by atoms with van der Waals surface area (Å²) in [6.07, 6.45) is 3.52. The van der Waals surface area contributed by atoms with Crippen LogP contribution in [0.5, 0.6) is 0 Å². The van der Waals surface area contributed by atoms with E-state index in [1.807, 2.05) is 11.0 Å². The minimum Gasteiger partial charge on any atom is -0.396 e. The summed E-state index contributed by atoms with van der Waals surface area (Å²) in [6.45, 7) is 0.933. The zero-order chi connectivity index (χ0) is 15.1. The smallest absolute Gasteiger partial charge is 0.251 e. The van der Waals surface area contributed by atoms with Crippen molar-refractivity contribution in [2.45, 2.75) is 31.7 Å². The second-order valence-electron chi connectivity index (χ2n) is 5.30. The molecule has 0 bridgehead atoms. The number of likely N-dealkylation sites (tertiary alicyclic amines) is 1. The highest BCUT2D eigenvalue weighted by Gasteiger charge is 2.28. The molecule has 2 rings (SSSR count). The lowest BCUT2D eigenvalue weighted by Gasteiger charge is -2.24. The first kappa shape index (κ1) is 15.5. The first-order valence-electron chi connectivity index (χ1n) is 7.46. The molecule has 1 aromatic carbocycles. The van der Waals surface area contributed by atoms with Gasteiger partial charge >= 0.3 is 0 Å². The summed E-state index contributed by atoms with van der Waals surface area (Å²) in [5, 5.41) is 11.6. The van der Waals surface area contributed by atoms with Gasteiger partial charge in [0, 0.05) is 24.8 Å². The number of rotatable bonds is 6. The van der Waals surface area contributed by atoms with Crippen molar-refractivity contribution in [2.75, 3.05) is 19.7 Å². The molecule has 1 aliphatic heterocycles. The minimum atomic E-state index is -0.227. The van der Waals surface area contributed by atoms with Crippen molar-refractivity contribution in [3.05, 3.63) is 35.9 Å². The van der Waals surface area contributed by atoms with E-state index in [1.54, 1.807) is 24.3 Å². The molecule has 1 saturated heterocycles. The van der Waals surface area contributed by atoms with Gasteiger partial charge in [-0.15, -0.1) is 0 Å². The van der Waals surface area contributed by atoms with Gasteiger partial charge in [-0.2, -0.15) is 0 Å². The summed E-state index contributed by atoms with van der Waals surface area (Å²) in [5.74, 6) is -0.269. The Kier molecular flexibility index (Phi) is 5.75. The molecule has 1 aliphatic rings. The van der Waals surface area contributed by atoms with Gasteiger partial charge in [-0.3, -0.25) is 9.59 Å². The number of carbonyl (C=O) groups excluding carboxylic acids is 2. The standard InChI is InChI=1S/C16H22N2O3/c19-11-5-9-14-8-4-10-18(14)15(20)12-17-16(21)13-6-2-1-3-7-13/h1-3,6-7,14,19H,4-5,8-12H2,(H,17,21). The summed E-state index contributed by atoms with van der Waals surface area (Å²) in [7, 11) is 0. The fraction of sp³-hybridized carbons (Fsp3) is 0.500. The maximum atomic E-state index is 12.2. The molecular weight excluding hydrogens is 268 g/mol. The van der Waals surface area contributed by atoms with E-state index in [2.05, 4.69) is 5.32 Å². The van der Waals surface area contributed by atoms with Gasteiger partial charge in [-0.05, 0) is 37.8 Å². The zero-order valence-corrected chi connectivity index (χ0v) is 12.1. The van der Waals surface area contributed by atoms with Crippen molar-refractivity contribution < 1.29 is 14.7 Å². The van der Waals surface area contributed by atoms with Crippen LogP contribution in [-0.4, -0.2) is 47.6 Å². The maximum absolute atomic E-state index is 12.2. The molecule has 1 aromatic rings. The number of hydrogen-bond acceptors (Lipinski definition) is 3. The van der Waals surface area contributed by atoms with Gasteiger partial charge in [-0.25, -0.2) is 0 Å². The molecule has 2 N–H and O–H groups in total. The highest BCUT2D eigenvalue weighted by molar-refractivity contribution is 5.96. The fourth-order valence-corrected chi connectivity index (χ4v) is 2.74. The van der Waals surface area contributed by atoms with Crippen LogP contribution in [0, 0.1) is 0 Å². The number of amides is 2. The molecule has 1 fully saturated rings. The number of aliphatic hydroxyl groups excluding tert-OH is 1. The summed E-state index contributed by atoms with van der Waals surface area (Å²) < 4.78 is 0. The molecular formula is C16H22N2O3. The van der Waals surface area contributed by atoms with Crippen LogP contribution in [0.15, 0.2) is 30.3 Å². The Balaban J connectivity index is 1.82. The molecule has 0 saturated carbocycles. The lowest BCUT2D eigenvalue weighted by atomic mass is 10.1. The van der Waals surface area contributed by atoms with E-state index < -0.39 is 0 Å². The Morgan fingerprint density at radius 3 is 2.76 bits per heavy atom. The van der Waals surface area contributed by atoms with E-state index in [1.165, 1.54) is 0 Å². The minimum absolute atomic E-state index is 0.0311. The van der Waals surface area contributed by atoms with Crippen LogP contribution in [0.3, 0.4) is 0 Å². The summed E-state index contributed by atoms with van der Waals surface area (Å²) in [6, 6.07) is 9.08. The molecule has 114 valence electrons. The van der Waals surface area contributed by atoms with Crippen molar-refractivity contribution in [1.29, 1.82) is 0 Å². The number of hydrogen-bond donors (Lipinski definition) is 2. The van der Waals surface area contributed by atoms with Crippen molar-refractivity contribution in [3.8, 4) is 0 Å². The Labute approximate surface area is 125 Å². The third-order valence-electron chi connectivity index (χ3n) is 3.83. The van der Waals surface area contributed by atoms with Crippen LogP contribution >= 0.6 is 0 Å². The highest BCUT2D eigenvalue weighted by Crippen LogP contribution is 2.21. The lowest BCUT2D eigenvalue weighted by Crippen LogP contribution is -2.42. The predicted molar refractivity (Wildman–Crippen MR) is 79.8 cm³/mol. The van der Waals surface area contributed by atoms with Gasteiger partial charge in [-0.1, -0.05) is 18.2 Å². The Morgan fingerprint density at radius 1 is 1.29 bits per heavy atom. The summed E-state index contributed by atoms with van der Waals surface area (Å²) in [4.78, 5) is 25.9. The van der Waals surface area contributed by atoms with Crippen LogP contribution in [-0.2, 0) is 4.79 Å². The number of aliphatic hydroxyl groups is 1. The molecule has 0 radical (unpaired) electrons. The molecule has 1 unspecified atom stereocenters. The predicted octanol–water partition coefficient (Wildman–Crippen LogP) is 1.18. The van der Waals surface area contributed by atoms with Gasteiger partial charge in [0.15, 0.2) is 0 Å². The van der Waals surface area contributed by atoms with Crippen LogP contribution in [0.2, 0.25) is 0 Å². The molecule has 1 atom stereocenters. The Hall–Kier alpha value is -1.88. The van der Waals surface area contributed by atoms with Crippen LogP contribution < -0.4 is 5.32 Å². The fourth-order valence-electron chi connectivity index (χ4n) is 2.74. The van der Waals surface area contributed by atoms with E-state index >= 15 is 0 Å². The second kappa shape index (κ2) is 7.78. The average Bonchev–Trinajstić information content (AvgIpc) is 2.99. The number of nitrogens with one attached hydrogen (secondary N) is 1. The van der Waals surface area contributed by atoms with Crippen molar-refractivity contribution in [3.63, 3.8) is 0 Å². The molecule has 0 spiro atoms. The van der Waals surface area contributed by atoms with Gasteiger partial charge in [0.05, 0.1) is 6.54 Å². The molecule has 0 aliphatic carbocycles. The quantitative estimate of drug-likeness (QED) is 0.826. The number of carbonyl (C=O) groups is 2. The molecule has 5 heteroatoms. The van der Waals surface area contributed by atoms with Gasteiger partial charge in [0.25, 0.3) is 5.91 Å². The van der Waals surface area contributed by atoms with E-state index in [4.69, 9.17) is 5.11 Å². The van der Waals surface area contributed by atoms with Crippen molar-refractivity contribution in [2.24, 2.45) is 0 Å². The first-order valence-corrected chi connectivity index (χ1v) is 7.46. The summed E-state index contributed by atoms with van der Waals surface area (Å²) >= 11 is 0. The van der Waals surface area contributed by atoms with E-state index in [9.17, 15) is 9.59 Å². The highest BCUT2D eigenvalue weighted by atomic mass is 16.3. The molecule has 1 heterocycles. The largest absolute Gasteiger partial charge is 0.396 e. The maximum Gasteiger partial charge on any atom is 0.251 e.